The molecule has 0 aliphatic heterocycles. The lowest BCUT2D eigenvalue weighted by Gasteiger charge is -2.22. The van der Waals surface area contributed by atoms with E-state index in [2.05, 4.69) is 34.8 Å². The smallest absolute Gasteiger partial charge is 0.321 e. The molecule has 2 amide bonds. The largest absolute Gasteiger partial charge is 0.383 e. The molecule has 0 aromatic heterocycles. The normalized spacial score (nSPS) is 10.2. The van der Waals surface area contributed by atoms with Crippen molar-refractivity contribution in [1.82, 2.24) is 4.90 Å². The Kier molecular flexibility index (Phi) is 7.04. The molecule has 0 unspecified atom stereocenters. The summed E-state index contributed by atoms with van der Waals surface area (Å²) in [6.07, 6.45) is 0.934. The monoisotopic (exact) mass is 362 g/mol. The highest BCUT2D eigenvalue weighted by Crippen LogP contribution is 2.13. The van der Waals surface area contributed by atoms with Crippen molar-refractivity contribution in [1.29, 1.82) is 0 Å². The number of halogens is 1. The topological polar surface area (TPSA) is 41.6 Å². The number of hydrogen-bond donors (Lipinski definition) is 1. The summed E-state index contributed by atoms with van der Waals surface area (Å²) in [6.45, 7) is 3.96. The molecule has 0 atom stereocenters. The first-order chi connectivity index (χ1) is 8.67. The van der Waals surface area contributed by atoms with Gasteiger partial charge < -0.3 is 15.0 Å². The Hall–Kier alpha value is -0.820. The molecule has 0 saturated heterocycles. The molecule has 100 valence electrons. The highest BCUT2D eigenvalue weighted by atomic mass is 127. The fourth-order valence-electron chi connectivity index (χ4n) is 1.56. The number of carbonyl (C=O) groups excluding carboxylic acids is 1. The summed E-state index contributed by atoms with van der Waals surface area (Å²) in [5.41, 5.74) is 0.824. The van der Waals surface area contributed by atoms with Crippen LogP contribution >= 0.6 is 22.6 Å². The minimum Gasteiger partial charge on any atom is -0.383 e. The molecule has 4 nitrogen and oxygen atoms in total. The Morgan fingerprint density at radius 3 is 2.83 bits per heavy atom. The average Bonchev–Trinajstić information content (AvgIpc) is 2.34. The highest BCUT2D eigenvalue weighted by Gasteiger charge is 2.12. The molecule has 0 spiro atoms. The Morgan fingerprint density at radius 2 is 2.22 bits per heavy atom. The number of amides is 2. The van der Waals surface area contributed by atoms with E-state index >= 15 is 0 Å². The Morgan fingerprint density at radius 1 is 1.44 bits per heavy atom. The van der Waals surface area contributed by atoms with Crippen LogP contribution in [0.3, 0.4) is 0 Å². The molecule has 0 aliphatic carbocycles. The zero-order valence-electron chi connectivity index (χ0n) is 10.8. The highest BCUT2D eigenvalue weighted by molar-refractivity contribution is 14.1. The summed E-state index contributed by atoms with van der Waals surface area (Å²) in [7, 11) is 1.64. The summed E-state index contributed by atoms with van der Waals surface area (Å²) in [4.78, 5) is 13.8. The van der Waals surface area contributed by atoms with Crippen molar-refractivity contribution in [3.63, 3.8) is 0 Å². The van der Waals surface area contributed by atoms with Crippen LogP contribution in [0.25, 0.3) is 0 Å². The Balaban J connectivity index is 2.60. The van der Waals surface area contributed by atoms with Gasteiger partial charge in [-0.15, -0.1) is 0 Å². The van der Waals surface area contributed by atoms with Gasteiger partial charge in [-0.25, -0.2) is 4.79 Å². The third-order valence-electron chi connectivity index (χ3n) is 2.42. The first kappa shape index (κ1) is 15.2. The average molecular weight is 362 g/mol. The molecule has 1 N–H and O–H groups in total. The summed E-state index contributed by atoms with van der Waals surface area (Å²) in [5.74, 6) is 0. The fraction of sp³-hybridized carbons (Fsp3) is 0.462. The molecular formula is C13H19IN2O2. The summed E-state index contributed by atoms with van der Waals surface area (Å²) < 4.78 is 6.12. The minimum absolute atomic E-state index is 0.0732. The van der Waals surface area contributed by atoms with Crippen molar-refractivity contribution in [3.05, 3.63) is 27.8 Å². The summed E-state index contributed by atoms with van der Waals surface area (Å²) in [6, 6.07) is 7.68. The number of nitrogens with one attached hydrogen (secondary N) is 1. The van der Waals surface area contributed by atoms with Crippen LogP contribution in [0.15, 0.2) is 24.3 Å². The van der Waals surface area contributed by atoms with Crippen LogP contribution in [0.5, 0.6) is 0 Å². The Bertz CT molecular complexity index is 385. The van der Waals surface area contributed by atoms with E-state index < -0.39 is 0 Å². The van der Waals surface area contributed by atoms with E-state index in [0.717, 1.165) is 22.2 Å². The van der Waals surface area contributed by atoms with Crippen molar-refractivity contribution < 1.29 is 9.53 Å². The Labute approximate surface area is 122 Å². The van der Waals surface area contributed by atoms with Crippen LogP contribution in [-0.2, 0) is 4.74 Å². The predicted molar refractivity (Wildman–Crippen MR) is 81.9 cm³/mol. The zero-order valence-corrected chi connectivity index (χ0v) is 12.9. The molecule has 5 heteroatoms. The maximum Gasteiger partial charge on any atom is 0.321 e. The SMILES string of the molecule is CCCN(CCOC)C(=O)Nc1cccc(I)c1. The quantitative estimate of drug-likeness (QED) is 0.790. The molecule has 0 radical (unpaired) electrons. The third kappa shape index (κ3) is 5.22. The second-order valence-corrected chi connectivity index (χ2v) is 5.17. The number of methoxy groups -OCH3 is 1. The maximum atomic E-state index is 12.1. The molecule has 0 bridgehead atoms. The van der Waals surface area contributed by atoms with Crippen LogP contribution in [0.4, 0.5) is 10.5 Å². The van der Waals surface area contributed by atoms with Gasteiger partial charge in [-0.1, -0.05) is 13.0 Å². The van der Waals surface area contributed by atoms with Crippen LogP contribution in [0.2, 0.25) is 0 Å². The zero-order chi connectivity index (χ0) is 13.4. The van der Waals surface area contributed by atoms with E-state index in [0.29, 0.717) is 13.2 Å². The number of rotatable bonds is 6. The van der Waals surface area contributed by atoms with Gasteiger partial charge in [0.15, 0.2) is 0 Å². The molecule has 0 heterocycles. The van der Waals surface area contributed by atoms with Gasteiger partial charge in [-0.05, 0) is 47.2 Å². The van der Waals surface area contributed by atoms with Gasteiger partial charge in [0.2, 0.25) is 0 Å². The van der Waals surface area contributed by atoms with E-state index in [4.69, 9.17) is 4.74 Å². The number of carbonyl (C=O) groups is 1. The van der Waals surface area contributed by atoms with Gasteiger partial charge in [0.25, 0.3) is 0 Å². The minimum atomic E-state index is -0.0732. The van der Waals surface area contributed by atoms with Crippen molar-refractivity contribution in [2.24, 2.45) is 0 Å². The number of urea groups is 1. The molecule has 1 aromatic rings. The van der Waals surface area contributed by atoms with Gasteiger partial charge in [0, 0.05) is 29.5 Å². The van der Waals surface area contributed by atoms with Crippen molar-refractivity contribution in [2.45, 2.75) is 13.3 Å². The molecule has 0 fully saturated rings. The van der Waals surface area contributed by atoms with Crippen LogP contribution < -0.4 is 5.32 Å². The third-order valence-corrected chi connectivity index (χ3v) is 3.09. The predicted octanol–water partition coefficient (Wildman–Crippen LogP) is 3.18. The molecular weight excluding hydrogens is 343 g/mol. The van der Waals surface area contributed by atoms with Gasteiger partial charge in [-0.2, -0.15) is 0 Å². The second-order valence-electron chi connectivity index (χ2n) is 3.92. The van der Waals surface area contributed by atoms with Crippen molar-refractivity contribution >= 4 is 34.3 Å². The first-order valence-corrected chi connectivity index (χ1v) is 7.05. The molecule has 1 aromatic carbocycles. The van der Waals surface area contributed by atoms with E-state index in [1.54, 1.807) is 12.0 Å². The second kappa shape index (κ2) is 8.31. The number of benzene rings is 1. The molecule has 0 saturated carbocycles. The van der Waals surface area contributed by atoms with E-state index in [-0.39, 0.29) is 6.03 Å². The van der Waals surface area contributed by atoms with Crippen LogP contribution in [-0.4, -0.2) is 37.7 Å². The first-order valence-electron chi connectivity index (χ1n) is 5.97. The lowest BCUT2D eigenvalue weighted by atomic mass is 10.3. The molecule has 1 rings (SSSR count). The fourth-order valence-corrected chi connectivity index (χ4v) is 2.10. The summed E-state index contributed by atoms with van der Waals surface area (Å²) >= 11 is 2.22. The lowest BCUT2D eigenvalue weighted by molar-refractivity contribution is 0.155. The van der Waals surface area contributed by atoms with Gasteiger partial charge in [0.05, 0.1) is 6.61 Å². The van der Waals surface area contributed by atoms with Gasteiger partial charge in [0.1, 0.15) is 0 Å². The van der Waals surface area contributed by atoms with Gasteiger partial charge in [-0.3, -0.25) is 0 Å². The van der Waals surface area contributed by atoms with Gasteiger partial charge >= 0.3 is 6.03 Å². The van der Waals surface area contributed by atoms with Crippen molar-refractivity contribution in [3.8, 4) is 0 Å². The molecule has 18 heavy (non-hydrogen) atoms. The molecule has 0 aliphatic rings. The summed E-state index contributed by atoms with van der Waals surface area (Å²) in [5, 5.41) is 2.90. The number of nitrogens with zero attached hydrogens (tertiary/aromatic N) is 1. The van der Waals surface area contributed by atoms with Crippen molar-refractivity contribution in [2.75, 3.05) is 32.1 Å². The number of anilines is 1. The van der Waals surface area contributed by atoms with E-state index in [1.165, 1.54) is 0 Å². The lowest BCUT2D eigenvalue weighted by Crippen LogP contribution is -2.37. The number of ether oxygens (including phenoxy) is 1. The van der Waals surface area contributed by atoms with Crippen LogP contribution in [0, 0.1) is 3.57 Å². The van der Waals surface area contributed by atoms with Crippen LogP contribution in [0.1, 0.15) is 13.3 Å². The van der Waals surface area contributed by atoms with E-state index in [9.17, 15) is 4.79 Å². The van der Waals surface area contributed by atoms with E-state index in [1.807, 2.05) is 24.3 Å². The maximum absolute atomic E-state index is 12.1. The standard InChI is InChI=1S/C13H19IN2O2/c1-3-7-16(8-9-18-2)13(17)15-12-6-4-5-11(14)10-12/h4-6,10H,3,7-9H2,1-2H3,(H,15,17). The number of hydrogen-bond acceptors (Lipinski definition) is 2.